The van der Waals surface area contributed by atoms with Crippen LogP contribution in [0.4, 0.5) is 22.0 Å². The van der Waals surface area contributed by atoms with Crippen LogP contribution in [-0.4, -0.2) is 25.1 Å². The van der Waals surface area contributed by atoms with Gasteiger partial charge in [0.2, 0.25) is 5.82 Å². The molecule has 1 aromatic carbocycles. The van der Waals surface area contributed by atoms with Crippen molar-refractivity contribution >= 4 is 0 Å². The van der Waals surface area contributed by atoms with Crippen molar-refractivity contribution in [3.63, 3.8) is 0 Å². The largest absolute Gasteiger partial charge is 0.451 e. The summed E-state index contributed by atoms with van der Waals surface area (Å²) in [7, 11) is 0. The monoisotopic (exact) mass is 611 g/mol. The van der Waals surface area contributed by atoms with E-state index in [9.17, 15) is 22.0 Å². The van der Waals surface area contributed by atoms with Gasteiger partial charge in [-0.25, -0.2) is 4.98 Å². The topological polar surface area (TPSA) is 67.3 Å². The van der Waals surface area contributed by atoms with Crippen LogP contribution >= 0.6 is 0 Å². The Morgan fingerprint density at radius 2 is 1.71 bits per heavy atom. The summed E-state index contributed by atoms with van der Waals surface area (Å²) in [4.78, 5) is 11.1. The minimum absolute atomic E-state index is 0. The third kappa shape index (κ3) is 6.47. The predicted molar refractivity (Wildman–Crippen MR) is 97.8 cm³/mol. The van der Waals surface area contributed by atoms with Crippen molar-refractivity contribution in [2.75, 3.05) is 0 Å². The molecule has 0 aliphatic rings. The Balaban J connectivity index is 0.000000213. The van der Waals surface area contributed by atoms with Gasteiger partial charge < -0.3 is 4.98 Å². The van der Waals surface area contributed by atoms with Crippen molar-refractivity contribution in [2.45, 2.75) is 13.1 Å². The van der Waals surface area contributed by atoms with Crippen LogP contribution in [0.3, 0.4) is 0 Å². The van der Waals surface area contributed by atoms with E-state index in [1.807, 2.05) is 18.1 Å². The molecule has 0 saturated heterocycles. The summed E-state index contributed by atoms with van der Waals surface area (Å²) in [5.74, 6) is -2.47. The second-order valence-electron chi connectivity index (χ2n) is 5.98. The molecule has 31 heavy (non-hydrogen) atoms. The van der Waals surface area contributed by atoms with Crippen LogP contribution in [0.15, 0.2) is 54.9 Å². The van der Waals surface area contributed by atoms with E-state index in [1.165, 1.54) is 12.3 Å². The van der Waals surface area contributed by atoms with Gasteiger partial charge in [-0.1, -0.05) is 29.3 Å². The molecule has 3 heterocycles. The minimum atomic E-state index is -4.51. The van der Waals surface area contributed by atoms with Gasteiger partial charge in [0.15, 0.2) is 5.82 Å². The van der Waals surface area contributed by atoms with E-state index in [4.69, 9.17) is 0 Å². The summed E-state index contributed by atoms with van der Waals surface area (Å²) in [6.07, 6.45) is -1.47. The number of aryl methyl sites for hydroxylation is 1. The van der Waals surface area contributed by atoms with Crippen LogP contribution in [-0.2, 0) is 26.3 Å². The van der Waals surface area contributed by atoms with Gasteiger partial charge in [0.05, 0.1) is 0 Å². The maximum atomic E-state index is 13.4. The van der Waals surface area contributed by atoms with Crippen LogP contribution in [0.5, 0.6) is 0 Å². The fraction of sp³-hybridized carbons (Fsp3) is 0.100. The quantitative estimate of drug-likeness (QED) is 0.256. The standard InChI is InChI=1S/C12H8F2N.C8H5F3N4.Ir/c1-8-4-5-15-12(6-8)10-3-2-9(13)7-11(10)14;9-8(10,11)7-13-6(14-15-7)5-3-1-2-4-12-5;/h2,4-7H,1H3;1-4H,(H,13,14,15);/q-1;;. The Morgan fingerprint density at radius 3 is 2.29 bits per heavy atom. The number of hydrogen-bond acceptors (Lipinski definition) is 4. The van der Waals surface area contributed by atoms with Crippen LogP contribution in [0.2, 0.25) is 0 Å². The molecule has 0 spiro atoms. The van der Waals surface area contributed by atoms with Crippen LogP contribution in [0.25, 0.3) is 22.8 Å². The van der Waals surface area contributed by atoms with Crippen LogP contribution in [0, 0.1) is 24.6 Å². The van der Waals surface area contributed by atoms with Crippen LogP contribution in [0.1, 0.15) is 11.4 Å². The molecular formula is C20H13F5IrN5-. The van der Waals surface area contributed by atoms with Gasteiger partial charge in [-0.05, 0) is 30.8 Å². The number of halogens is 5. The molecule has 0 fully saturated rings. The third-order valence-electron chi connectivity index (χ3n) is 3.68. The zero-order chi connectivity index (χ0) is 21.7. The molecule has 3 aromatic heterocycles. The van der Waals surface area contributed by atoms with Crippen molar-refractivity contribution in [2.24, 2.45) is 0 Å². The summed E-state index contributed by atoms with van der Waals surface area (Å²) in [5, 5.41) is 5.25. The van der Waals surface area contributed by atoms with Gasteiger partial charge in [0.1, 0.15) is 5.69 Å². The molecule has 0 unspecified atom stereocenters. The molecule has 0 aliphatic heterocycles. The van der Waals surface area contributed by atoms with Gasteiger partial charge in [-0.3, -0.25) is 18.9 Å². The van der Waals surface area contributed by atoms with E-state index >= 15 is 0 Å². The van der Waals surface area contributed by atoms with Gasteiger partial charge in [0.25, 0.3) is 0 Å². The molecule has 0 amide bonds. The number of aromatic nitrogens is 5. The molecule has 5 nitrogen and oxygen atoms in total. The average Bonchev–Trinajstić information content (AvgIpc) is 3.20. The Kier molecular flexibility index (Phi) is 8.07. The smallest absolute Gasteiger partial charge is 0.305 e. The number of pyridine rings is 2. The Hall–Kier alpha value is -3.04. The van der Waals surface area contributed by atoms with Crippen LogP contribution < -0.4 is 0 Å². The normalized spacial score (nSPS) is 10.6. The molecule has 1 N–H and O–H groups in total. The molecule has 1 radical (unpaired) electrons. The number of hydrogen-bond donors (Lipinski definition) is 1. The Bertz CT molecular complexity index is 1130. The first-order chi connectivity index (χ1) is 14.2. The molecule has 4 aromatic rings. The number of H-pyrrole nitrogens is 1. The average molecular weight is 611 g/mol. The maximum absolute atomic E-state index is 13.4. The second kappa shape index (κ2) is 10.3. The van der Waals surface area contributed by atoms with Crippen molar-refractivity contribution in [1.29, 1.82) is 0 Å². The second-order valence-corrected chi connectivity index (χ2v) is 5.98. The number of alkyl halides is 3. The molecule has 0 aliphatic carbocycles. The summed E-state index contributed by atoms with van der Waals surface area (Å²) < 4.78 is 62.5. The van der Waals surface area contributed by atoms with E-state index in [0.717, 1.165) is 17.7 Å². The fourth-order valence-electron chi connectivity index (χ4n) is 2.31. The van der Waals surface area contributed by atoms with Gasteiger partial charge in [-0.15, -0.1) is 12.1 Å². The molecule has 4 rings (SSSR count). The molecule has 11 heteroatoms. The van der Waals surface area contributed by atoms with Gasteiger partial charge >= 0.3 is 6.18 Å². The minimum Gasteiger partial charge on any atom is -0.305 e. The number of nitrogens with one attached hydrogen (secondary N) is 1. The molecule has 0 atom stereocenters. The Labute approximate surface area is 187 Å². The van der Waals surface area contributed by atoms with Crippen molar-refractivity contribution < 1.29 is 42.1 Å². The maximum Gasteiger partial charge on any atom is 0.451 e. The van der Waals surface area contributed by atoms with E-state index in [1.54, 1.807) is 24.4 Å². The summed E-state index contributed by atoms with van der Waals surface area (Å²) in [5.41, 5.74) is 1.92. The van der Waals surface area contributed by atoms with E-state index in [2.05, 4.69) is 26.1 Å². The zero-order valence-electron chi connectivity index (χ0n) is 15.7. The van der Waals surface area contributed by atoms with Crippen molar-refractivity contribution in [1.82, 2.24) is 25.1 Å². The number of nitrogens with zero attached hydrogens (tertiary/aromatic N) is 4. The summed E-state index contributed by atoms with van der Waals surface area (Å²) in [6.45, 7) is 1.88. The summed E-state index contributed by atoms with van der Waals surface area (Å²) in [6, 6.07) is 12.8. The van der Waals surface area contributed by atoms with E-state index in [0.29, 0.717) is 11.4 Å². The van der Waals surface area contributed by atoms with E-state index < -0.39 is 23.6 Å². The third-order valence-corrected chi connectivity index (χ3v) is 3.68. The first-order valence-electron chi connectivity index (χ1n) is 8.45. The van der Waals surface area contributed by atoms with Gasteiger partial charge in [-0.2, -0.15) is 18.3 Å². The van der Waals surface area contributed by atoms with Crippen molar-refractivity contribution in [3.8, 4) is 22.8 Å². The zero-order valence-corrected chi connectivity index (χ0v) is 18.1. The SMILES string of the molecule is Cc1ccnc(-c2[c-]cc(F)cc2F)c1.FC(F)(F)c1nc(-c2ccccn2)n[nH]1.[Ir]. The summed E-state index contributed by atoms with van der Waals surface area (Å²) >= 11 is 0. The first-order valence-corrected chi connectivity index (χ1v) is 8.45. The van der Waals surface area contributed by atoms with E-state index in [-0.39, 0.29) is 31.5 Å². The molecule has 163 valence electrons. The first kappa shape index (κ1) is 24.2. The predicted octanol–water partition coefficient (Wildman–Crippen LogP) is 5.02. The number of benzene rings is 1. The number of aromatic amines is 1. The molecule has 0 bridgehead atoms. The Morgan fingerprint density at radius 1 is 0.968 bits per heavy atom. The van der Waals surface area contributed by atoms with Gasteiger partial charge in [0, 0.05) is 44.1 Å². The number of rotatable bonds is 2. The fourth-order valence-corrected chi connectivity index (χ4v) is 2.31. The molecule has 0 saturated carbocycles. The van der Waals surface area contributed by atoms with Crippen molar-refractivity contribution in [3.05, 3.63) is 83.9 Å². The molecular weight excluding hydrogens is 597 g/mol.